The molecule has 1 N–H and O–H groups in total. The number of hydrogen-bond donors (Lipinski definition) is 1. The molecule has 7 heteroatoms. The molecule has 1 aliphatic heterocycles. The number of rotatable bonds is 5. The third-order valence-corrected chi connectivity index (χ3v) is 6.13. The molecule has 23 heavy (non-hydrogen) atoms. The molecule has 1 aromatic carbocycles. The highest BCUT2D eigenvalue weighted by molar-refractivity contribution is 7.88. The molecule has 2 fully saturated rings. The molecular formula is C16H21FN2O3S. The minimum atomic E-state index is -3.36. The molecule has 3 rings (SSSR count). The fraction of sp³-hybridized carbons (Fsp3) is 0.562. The van der Waals surface area contributed by atoms with Crippen molar-refractivity contribution in [1.29, 1.82) is 0 Å². The van der Waals surface area contributed by atoms with E-state index in [1.54, 1.807) is 12.1 Å². The Balaban J connectivity index is 1.64. The number of sulfonamides is 1. The van der Waals surface area contributed by atoms with E-state index in [2.05, 4.69) is 5.32 Å². The van der Waals surface area contributed by atoms with E-state index >= 15 is 0 Å². The van der Waals surface area contributed by atoms with Gasteiger partial charge in [-0.1, -0.05) is 12.1 Å². The van der Waals surface area contributed by atoms with Crippen LogP contribution in [0.1, 0.15) is 31.2 Å². The first-order valence-corrected chi connectivity index (χ1v) is 9.67. The van der Waals surface area contributed by atoms with Crippen LogP contribution in [-0.4, -0.2) is 44.0 Å². The van der Waals surface area contributed by atoms with Gasteiger partial charge in [0.05, 0.1) is 6.26 Å². The minimum absolute atomic E-state index is 0.127. The van der Waals surface area contributed by atoms with Crippen molar-refractivity contribution in [2.24, 2.45) is 0 Å². The molecule has 1 saturated heterocycles. The van der Waals surface area contributed by atoms with E-state index in [9.17, 15) is 17.6 Å². The largest absolute Gasteiger partial charge is 0.354 e. The van der Waals surface area contributed by atoms with Gasteiger partial charge in [-0.2, -0.15) is 4.31 Å². The highest BCUT2D eigenvalue weighted by Gasteiger charge is 2.45. The van der Waals surface area contributed by atoms with Crippen molar-refractivity contribution in [2.45, 2.75) is 37.1 Å². The molecule has 0 spiro atoms. The number of carbonyl (C=O) groups is 1. The molecule has 1 unspecified atom stereocenters. The Morgan fingerprint density at radius 3 is 2.57 bits per heavy atom. The lowest BCUT2D eigenvalue weighted by Gasteiger charge is -2.23. The van der Waals surface area contributed by atoms with Crippen LogP contribution >= 0.6 is 0 Å². The van der Waals surface area contributed by atoms with Crippen molar-refractivity contribution in [3.63, 3.8) is 0 Å². The molecule has 1 amide bonds. The normalized spacial score (nSPS) is 23.7. The fourth-order valence-corrected chi connectivity index (χ4v) is 4.42. The number of amides is 1. The van der Waals surface area contributed by atoms with Gasteiger partial charge in [0.25, 0.3) is 0 Å². The van der Waals surface area contributed by atoms with Crippen molar-refractivity contribution in [1.82, 2.24) is 9.62 Å². The predicted octanol–water partition coefficient (Wildman–Crippen LogP) is 1.40. The number of nitrogens with one attached hydrogen (secondary N) is 1. The summed E-state index contributed by atoms with van der Waals surface area (Å²) in [7, 11) is -3.36. The first kappa shape index (κ1) is 16.4. The summed E-state index contributed by atoms with van der Waals surface area (Å²) in [6, 6.07) is 5.77. The van der Waals surface area contributed by atoms with Crippen LogP contribution in [0, 0.1) is 5.82 Å². The predicted molar refractivity (Wildman–Crippen MR) is 84.9 cm³/mol. The van der Waals surface area contributed by atoms with E-state index in [0.29, 0.717) is 25.9 Å². The van der Waals surface area contributed by atoms with Crippen LogP contribution in [0.2, 0.25) is 0 Å². The second-order valence-corrected chi connectivity index (χ2v) is 8.47. The van der Waals surface area contributed by atoms with Crippen LogP contribution < -0.4 is 5.32 Å². The molecule has 126 valence electrons. The Labute approximate surface area is 135 Å². The lowest BCUT2D eigenvalue weighted by Crippen LogP contribution is -2.47. The molecule has 1 heterocycles. The molecule has 2 aliphatic rings. The molecular weight excluding hydrogens is 319 g/mol. The maximum absolute atomic E-state index is 13.0. The van der Waals surface area contributed by atoms with Crippen LogP contribution in [0.3, 0.4) is 0 Å². The third kappa shape index (κ3) is 3.40. The molecule has 0 aromatic heterocycles. The number of hydrogen-bond acceptors (Lipinski definition) is 3. The zero-order valence-electron chi connectivity index (χ0n) is 13.1. The van der Waals surface area contributed by atoms with E-state index in [-0.39, 0.29) is 17.1 Å². The van der Waals surface area contributed by atoms with Gasteiger partial charge >= 0.3 is 0 Å². The third-order valence-electron chi connectivity index (χ3n) is 4.84. The monoisotopic (exact) mass is 340 g/mol. The average Bonchev–Trinajstić information content (AvgIpc) is 3.10. The van der Waals surface area contributed by atoms with E-state index in [4.69, 9.17) is 0 Å². The topological polar surface area (TPSA) is 66.5 Å². The first-order valence-electron chi connectivity index (χ1n) is 7.82. The number of halogens is 1. The quantitative estimate of drug-likeness (QED) is 0.881. The van der Waals surface area contributed by atoms with Crippen molar-refractivity contribution >= 4 is 15.9 Å². The molecule has 1 aliphatic carbocycles. The number of nitrogens with zero attached hydrogens (tertiary/aromatic N) is 1. The van der Waals surface area contributed by atoms with Crippen LogP contribution in [0.15, 0.2) is 24.3 Å². The maximum atomic E-state index is 13.0. The summed E-state index contributed by atoms with van der Waals surface area (Å²) in [6.07, 6.45) is 4.29. The lowest BCUT2D eigenvalue weighted by atomic mass is 9.96. The summed E-state index contributed by atoms with van der Waals surface area (Å²) in [5, 5.41) is 2.90. The van der Waals surface area contributed by atoms with Crippen molar-refractivity contribution in [3.05, 3.63) is 35.6 Å². The van der Waals surface area contributed by atoms with Gasteiger partial charge < -0.3 is 5.32 Å². The summed E-state index contributed by atoms with van der Waals surface area (Å²) >= 11 is 0. The van der Waals surface area contributed by atoms with Gasteiger partial charge in [-0.05, 0) is 43.4 Å². The Bertz CT molecular complexity index is 699. The number of benzene rings is 1. The van der Waals surface area contributed by atoms with E-state index in [0.717, 1.165) is 24.7 Å². The van der Waals surface area contributed by atoms with Crippen LogP contribution in [0.4, 0.5) is 4.39 Å². The van der Waals surface area contributed by atoms with E-state index in [1.165, 1.54) is 16.4 Å². The summed E-state index contributed by atoms with van der Waals surface area (Å²) in [6.45, 7) is 0.867. The molecule has 5 nitrogen and oxygen atoms in total. The second-order valence-electron chi connectivity index (χ2n) is 6.54. The lowest BCUT2D eigenvalue weighted by molar-refractivity contribution is -0.124. The zero-order valence-corrected chi connectivity index (χ0v) is 13.9. The average molecular weight is 340 g/mol. The highest BCUT2D eigenvalue weighted by atomic mass is 32.2. The molecule has 1 aromatic rings. The summed E-state index contributed by atoms with van der Waals surface area (Å²) in [4.78, 5) is 12.4. The number of carbonyl (C=O) groups excluding carboxylic acids is 1. The van der Waals surface area contributed by atoms with Gasteiger partial charge in [-0.25, -0.2) is 12.8 Å². The van der Waals surface area contributed by atoms with Gasteiger partial charge in [0.1, 0.15) is 11.9 Å². The maximum Gasteiger partial charge on any atom is 0.238 e. The standard InChI is InChI=1S/C16H21FN2O3S/c1-23(21,22)19-10-2-3-14(19)15(20)18-11-16(8-9-16)12-4-6-13(17)7-5-12/h4-7,14H,2-3,8-11H2,1H3,(H,18,20). The zero-order chi connectivity index (χ0) is 16.7. The summed E-state index contributed by atoms with van der Waals surface area (Å²) in [5.74, 6) is -0.510. The van der Waals surface area contributed by atoms with Crippen LogP contribution in [0.5, 0.6) is 0 Å². The molecule has 1 atom stereocenters. The van der Waals surface area contributed by atoms with Crippen molar-refractivity contribution < 1.29 is 17.6 Å². The Kier molecular flexibility index (Phi) is 4.18. The van der Waals surface area contributed by atoms with Gasteiger partial charge in [-0.3, -0.25) is 4.79 Å². The fourth-order valence-electron chi connectivity index (χ4n) is 3.30. The highest BCUT2D eigenvalue weighted by Crippen LogP contribution is 2.47. The van der Waals surface area contributed by atoms with Gasteiger partial charge in [-0.15, -0.1) is 0 Å². The SMILES string of the molecule is CS(=O)(=O)N1CCCC1C(=O)NCC1(c2ccc(F)cc2)CC1. The Morgan fingerprint density at radius 1 is 1.35 bits per heavy atom. The van der Waals surface area contributed by atoms with Gasteiger partial charge in [0.15, 0.2) is 0 Å². The van der Waals surface area contributed by atoms with Crippen molar-refractivity contribution in [3.8, 4) is 0 Å². The van der Waals surface area contributed by atoms with E-state index < -0.39 is 16.1 Å². The smallest absolute Gasteiger partial charge is 0.238 e. The Morgan fingerprint density at radius 2 is 2.00 bits per heavy atom. The molecule has 0 radical (unpaired) electrons. The summed E-state index contributed by atoms with van der Waals surface area (Å²) < 4.78 is 37.8. The summed E-state index contributed by atoms with van der Waals surface area (Å²) in [5.41, 5.74) is 0.892. The first-order chi connectivity index (χ1) is 10.8. The van der Waals surface area contributed by atoms with E-state index in [1.807, 2.05) is 0 Å². The minimum Gasteiger partial charge on any atom is -0.354 e. The second kappa shape index (κ2) is 5.87. The Hall–Kier alpha value is -1.47. The van der Waals surface area contributed by atoms with Gasteiger partial charge in [0, 0.05) is 18.5 Å². The van der Waals surface area contributed by atoms with Crippen LogP contribution in [-0.2, 0) is 20.2 Å². The molecule has 0 bridgehead atoms. The van der Waals surface area contributed by atoms with Crippen LogP contribution in [0.25, 0.3) is 0 Å². The van der Waals surface area contributed by atoms with Crippen molar-refractivity contribution in [2.75, 3.05) is 19.3 Å². The molecule has 1 saturated carbocycles. The van der Waals surface area contributed by atoms with Gasteiger partial charge in [0.2, 0.25) is 15.9 Å².